The highest BCUT2D eigenvalue weighted by Gasteiger charge is 2.33. The fraction of sp³-hybridized carbons (Fsp3) is 0.632. The highest BCUT2D eigenvalue weighted by molar-refractivity contribution is 6.04. The molecule has 158 valence electrons. The first kappa shape index (κ1) is 20.0. The average Bonchev–Trinajstić information content (AvgIpc) is 3.00. The molecule has 4 rings (SSSR count). The number of halogens is 1. The second-order valence-corrected chi connectivity index (χ2v) is 8.11. The highest BCUT2D eigenvalue weighted by atomic mass is 19.1. The number of rotatable bonds is 4. The number of amides is 1. The molecule has 9 nitrogen and oxygen atoms in total. The van der Waals surface area contributed by atoms with Crippen molar-refractivity contribution in [2.45, 2.75) is 37.5 Å². The van der Waals surface area contributed by atoms with Gasteiger partial charge in [0, 0.05) is 26.2 Å². The average molecular weight is 405 g/mol. The molecule has 2 aliphatic rings. The minimum atomic E-state index is -0.549. The van der Waals surface area contributed by atoms with Crippen LogP contribution in [0.15, 0.2) is 12.4 Å². The number of carbonyl (C=O) groups excluding carboxylic acids is 1. The number of anilines is 1. The smallest absolute Gasteiger partial charge is 0.259 e. The number of hydrogen-bond donors (Lipinski definition) is 2. The zero-order chi connectivity index (χ0) is 20.5. The number of hydrogen-bond acceptors (Lipinski definition) is 7. The van der Waals surface area contributed by atoms with Crippen molar-refractivity contribution in [3.8, 4) is 0 Å². The molecule has 2 aliphatic heterocycles. The van der Waals surface area contributed by atoms with E-state index in [-0.39, 0.29) is 41.2 Å². The van der Waals surface area contributed by atoms with Gasteiger partial charge in [0.1, 0.15) is 5.56 Å². The molecule has 2 unspecified atom stereocenters. The van der Waals surface area contributed by atoms with Crippen LogP contribution in [-0.4, -0.2) is 88.8 Å². The Labute approximate surface area is 169 Å². The maximum absolute atomic E-state index is 13.4. The Kier molecular flexibility index (Phi) is 5.66. The van der Waals surface area contributed by atoms with Crippen LogP contribution in [0.4, 0.5) is 10.2 Å². The third kappa shape index (κ3) is 4.34. The minimum absolute atomic E-state index is 0.0255. The van der Waals surface area contributed by atoms with Gasteiger partial charge < -0.3 is 25.6 Å². The fourth-order valence-electron chi connectivity index (χ4n) is 4.15. The van der Waals surface area contributed by atoms with Crippen molar-refractivity contribution in [3.05, 3.63) is 23.8 Å². The number of nitrogens with two attached hydrogens (primary N) is 1. The summed E-state index contributed by atoms with van der Waals surface area (Å²) in [6, 6.07) is -0.171. The van der Waals surface area contributed by atoms with Gasteiger partial charge in [0.15, 0.2) is 17.3 Å². The number of fused-ring (bicyclic) bond motifs is 1. The molecule has 29 heavy (non-hydrogen) atoms. The Hall–Kier alpha value is -2.30. The third-order valence-corrected chi connectivity index (χ3v) is 5.80. The highest BCUT2D eigenvalue weighted by Crippen LogP contribution is 2.22. The summed E-state index contributed by atoms with van der Waals surface area (Å²) >= 11 is 0. The van der Waals surface area contributed by atoms with Gasteiger partial charge in [-0.15, -0.1) is 5.10 Å². The molecule has 1 amide bonds. The zero-order valence-electron chi connectivity index (χ0n) is 16.8. The van der Waals surface area contributed by atoms with E-state index in [1.807, 2.05) is 7.05 Å². The number of nitrogens with one attached hydrogen (secondary N) is 1. The lowest BCUT2D eigenvalue weighted by Crippen LogP contribution is -2.56. The van der Waals surface area contributed by atoms with Crippen LogP contribution in [-0.2, 0) is 4.74 Å². The second kappa shape index (κ2) is 8.21. The van der Waals surface area contributed by atoms with Crippen LogP contribution in [0.25, 0.3) is 5.65 Å². The summed E-state index contributed by atoms with van der Waals surface area (Å²) < 4.78 is 21.0. The summed E-state index contributed by atoms with van der Waals surface area (Å²) in [5, 5.41) is 7.07. The molecule has 2 aromatic heterocycles. The van der Waals surface area contributed by atoms with E-state index in [4.69, 9.17) is 10.5 Å². The van der Waals surface area contributed by atoms with Crippen LogP contribution in [0.5, 0.6) is 0 Å². The van der Waals surface area contributed by atoms with Crippen LogP contribution in [0, 0.1) is 5.82 Å². The van der Waals surface area contributed by atoms with E-state index in [9.17, 15) is 9.18 Å². The van der Waals surface area contributed by atoms with Crippen molar-refractivity contribution in [2.75, 3.05) is 46.0 Å². The third-order valence-electron chi connectivity index (χ3n) is 5.80. The van der Waals surface area contributed by atoms with E-state index < -0.39 is 5.82 Å². The molecule has 10 heteroatoms. The summed E-state index contributed by atoms with van der Waals surface area (Å²) in [4.78, 5) is 21.5. The summed E-state index contributed by atoms with van der Waals surface area (Å²) in [6.07, 6.45) is 5.20. The fourth-order valence-corrected chi connectivity index (χ4v) is 4.15. The maximum Gasteiger partial charge on any atom is 0.259 e. The van der Waals surface area contributed by atoms with E-state index in [0.29, 0.717) is 6.54 Å². The maximum atomic E-state index is 13.4. The Bertz CT molecular complexity index is 881. The first-order valence-electron chi connectivity index (χ1n) is 10.0. The monoisotopic (exact) mass is 405 g/mol. The van der Waals surface area contributed by atoms with Crippen LogP contribution < -0.4 is 11.1 Å². The molecular weight excluding hydrogens is 377 g/mol. The number of likely N-dealkylation sites (tertiary alicyclic amines) is 2. The zero-order valence-corrected chi connectivity index (χ0v) is 16.8. The molecule has 2 atom stereocenters. The van der Waals surface area contributed by atoms with Crippen LogP contribution in [0.2, 0.25) is 0 Å². The van der Waals surface area contributed by atoms with Crippen molar-refractivity contribution in [3.63, 3.8) is 0 Å². The summed E-state index contributed by atoms with van der Waals surface area (Å²) in [5.74, 6) is -0.890. The van der Waals surface area contributed by atoms with Crippen LogP contribution in [0.3, 0.4) is 0 Å². The van der Waals surface area contributed by atoms with Crippen LogP contribution >= 0.6 is 0 Å². The predicted molar refractivity (Wildman–Crippen MR) is 106 cm³/mol. The van der Waals surface area contributed by atoms with Gasteiger partial charge in [-0.2, -0.15) is 0 Å². The quantitative estimate of drug-likeness (QED) is 0.758. The van der Waals surface area contributed by atoms with E-state index in [1.165, 1.54) is 4.52 Å². The number of nitrogens with zero attached hydrogens (tertiary/aromatic N) is 5. The first-order valence-corrected chi connectivity index (χ1v) is 10.0. The standard InChI is InChI=1S/C19H28FN7O2/c1-25-6-3-13(4-7-25)29-15-5-8-26(2)11-14(15)23-19(28)16-17(21)24-27-10-12(20)9-22-18(16)27/h9-10,13-15H,3-8,11H2,1-2H3,(H2,21,24)(H,23,28). The van der Waals surface area contributed by atoms with Gasteiger partial charge in [0.25, 0.3) is 5.91 Å². The lowest BCUT2D eigenvalue weighted by Gasteiger charge is -2.40. The van der Waals surface area contributed by atoms with Crippen LogP contribution in [0.1, 0.15) is 29.6 Å². The lowest BCUT2D eigenvalue weighted by molar-refractivity contribution is -0.0740. The molecule has 0 bridgehead atoms. The van der Waals surface area contributed by atoms with Crippen molar-refractivity contribution in [1.82, 2.24) is 29.7 Å². The molecule has 0 aromatic carbocycles. The molecule has 0 spiro atoms. The lowest BCUT2D eigenvalue weighted by atomic mass is 10.0. The van der Waals surface area contributed by atoms with E-state index in [1.54, 1.807) is 0 Å². The number of aromatic nitrogens is 3. The Morgan fingerprint density at radius 3 is 2.72 bits per heavy atom. The normalized spacial score (nSPS) is 24.8. The number of carbonyl (C=O) groups is 1. The van der Waals surface area contributed by atoms with Gasteiger partial charge in [-0.25, -0.2) is 13.9 Å². The summed E-state index contributed by atoms with van der Waals surface area (Å²) in [6.45, 7) is 3.65. The number of piperidine rings is 2. The number of nitrogen functional groups attached to an aromatic ring is 1. The molecule has 0 aliphatic carbocycles. The van der Waals surface area contributed by atoms with Gasteiger partial charge in [-0.3, -0.25) is 4.79 Å². The van der Waals surface area contributed by atoms with Gasteiger partial charge in [-0.1, -0.05) is 0 Å². The molecule has 0 saturated carbocycles. The molecular formula is C19H28FN7O2. The van der Waals surface area contributed by atoms with E-state index in [0.717, 1.165) is 51.3 Å². The number of likely N-dealkylation sites (N-methyl/N-ethyl adjacent to an activating group) is 1. The molecule has 4 heterocycles. The van der Waals surface area contributed by atoms with Crippen molar-refractivity contribution >= 4 is 17.4 Å². The molecule has 2 saturated heterocycles. The molecule has 2 aromatic rings. The van der Waals surface area contributed by atoms with Gasteiger partial charge in [0.05, 0.1) is 30.6 Å². The summed E-state index contributed by atoms with van der Waals surface area (Å²) in [7, 11) is 4.15. The largest absolute Gasteiger partial charge is 0.381 e. The molecule has 0 radical (unpaired) electrons. The predicted octanol–water partition coefficient (Wildman–Crippen LogP) is 0.364. The Morgan fingerprint density at radius 2 is 1.97 bits per heavy atom. The molecule has 2 fully saturated rings. The molecule has 3 N–H and O–H groups in total. The minimum Gasteiger partial charge on any atom is -0.381 e. The Morgan fingerprint density at radius 1 is 1.24 bits per heavy atom. The van der Waals surface area contributed by atoms with E-state index in [2.05, 4.69) is 32.2 Å². The Balaban J connectivity index is 1.49. The van der Waals surface area contributed by atoms with Gasteiger partial charge >= 0.3 is 0 Å². The second-order valence-electron chi connectivity index (χ2n) is 8.11. The summed E-state index contributed by atoms with van der Waals surface area (Å²) in [5.41, 5.74) is 6.33. The van der Waals surface area contributed by atoms with Gasteiger partial charge in [0.2, 0.25) is 0 Å². The van der Waals surface area contributed by atoms with Gasteiger partial charge in [-0.05, 0) is 33.4 Å². The van der Waals surface area contributed by atoms with E-state index >= 15 is 0 Å². The number of ether oxygens (including phenoxy) is 1. The SMILES string of the molecule is CN1CCC(OC2CCN(C)CC2NC(=O)c2c(N)nn3cc(F)cnc23)CC1. The van der Waals surface area contributed by atoms with Crippen molar-refractivity contribution in [1.29, 1.82) is 0 Å². The topological polar surface area (TPSA) is 101 Å². The van der Waals surface area contributed by atoms with Crippen molar-refractivity contribution < 1.29 is 13.9 Å². The van der Waals surface area contributed by atoms with Crippen molar-refractivity contribution in [2.24, 2.45) is 0 Å². The first-order chi connectivity index (χ1) is 13.9.